The smallest absolute Gasteiger partial charge is 0.305 e. The number of carbonyl (C=O) groups is 1. The van der Waals surface area contributed by atoms with E-state index in [1.54, 1.807) is 0 Å². The van der Waals surface area contributed by atoms with E-state index in [9.17, 15) is 4.79 Å². The third-order valence-corrected chi connectivity index (χ3v) is 4.16. The molecular formula is C16H20N2O2. The van der Waals surface area contributed by atoms with Crippen LogP contribution in [0.25, 0.3) is 11.0 Å². The van der Waals surface area contributed by atoms with Crippen LogP contribution in [0.1, 0.15) is 36.2 Å². The molecule has 0 amide bonds. The molecule has 0 aliphatic heterocycles. The summed E-state index contributed by atoms with van der Waals surface area (Å²) in [5, 5.41) is 8.93. The SMILES string of the molecule is Cc1cc2nc(CC3CC3)n(CCC(=O)O)c2cc1C. The van der Waals surface area contributed by atoms with E-state index in [0.29, 0.717) is 6.54 Å². The molecule has 4 nitrogen and oxygen atoms in total. The second-order valence-corrected chi connectivity index (χ2v) is 5.90. The third-order valence-electron chi connectivity index (χ3n) is 4.16. The summed E-state index contributed by atoms with van der Waals surface area (Å²) in [5.74, 6) is 1.04. The van der Waals surface area contributed by atoms with E-state index in [2.05, 4.69) is 30.5 Å². The third kappa shape index (κ3) is 2.55. The molecule has 0 radical (unpaired) electrons. The Kier molecular flexibility index (Phi) is 3.24. The first-order chi connectivity index (χ1) is 9.54. The molecule has 0 unspecified atom stereocenters. The average molecular weight is 272 g/mol. The molecule has 1 N–H and O–H groups in total. The van der Waals surface area contributed by atoms with Crippen LogP contribution >= 0.6 is 0 Å². The highest BCUT2D eigenvalue weighted by Crippen LogP contribution is 2.33. The van der Waals surface area contributed by atoms with Gasteiger partial charge in [0.2, 0.25) is 0 Å². The van der Waals surface area contributed by atoms with E-state index in [1.165, 1.54) is 24.0 Å². The van der Waals surface area contributed by atoms with Gasteiger partial charge in [-0.2, -0.15) is 0 Å². The Balaban J connectivity index is 2.04. The van der Waals surface area contributed by atoms with Gasteiger partial charge in [0.15, 0.2) is 0 Å². The van der Waals surface area contributed by atoms with E-state index in [0.717, 1.165) is 29.2 Å². The first kappa shape index (κ1) is 13.2. The van der Waals surface area contributed by atoms with Gasteiger partial charge in [0.05, 0.1) is 17.5 Å². The van der Waals surface area contributed by atoms with Crippen molar-refractivity contribution < 1.29 is 9.90 Å². The number of nitrogens with zero attached hydrogens (tertiary/aromatic N) is 2. The largest absolute Gasteiger partial charge is 0.481 e. The second-order valence-electron chi connectivity index (χ2n) is 5.90. The minimum absolute atomic E-state index is 0.149. The molecule has 3 rings (SSSR count). The number of rotatable bonds is 5. The lowest BCUT2D eigenvalue weighted by Crippen LogP contribution is -2.09. The molecule has 1 aliphatic carbocycles. The molecule has 0 atom stereocenters. The summed E-state index contributed by atoms with van der Waals surface area (Å²) in [6.07, 6.45) is 3.68. The highest BCUT2D eigenvalue weighted by Gasteiger charge is 2.25. The van der Waals surface area contributed by atoms with Gasteiger partial charge in [-0.15, -0.1) is 0 Å². The van der Waals surface area contributed by atoms with E-state index < -0.39 is 5.97 Å². The second kappa shape index (κ2) is 4.93. The van der Waals surface area contributed by atoms with Gasteiger partial charge >= 0.3 is 5.97 Å². The van der Waals surface area contributed by atoms with Crippen molar-refractivity contribution in [3.05, 3.63) is 29.1 Å². The van der Waals surface area contributed by atoms with Gasteiger partial charge in [0.1, 0.15) is 5.82 Å². The van der Waals surface area contributed by atoms with Crippen LogP contribution in [0.3, 0.4) is 0 Å². The van der Waals surface area contributed by atoms with Gasteiger partial charge in [-0.05, 0) is 55.9 Å². The molecule has 1 aromatic heterocycles. The minimum Gasteiger partial charge on any atom is -0.481 e. The summed E-state index contributed by atoms with van der Waals surface area (Å²) in [4.78, 5) is 15.6. The van der Waals surface area contributed by atoms with Gasteiger partial charge in [0.25, 0.3) is 0 Å². The first-order valence-corrected chi connectivity index (χ1v) is 7.22. The maximum atomic E-state index is 10.9. The number of carboxylic acid groups (broad SMARTS) is 1. The van der Waals surface area contributed by atoms with E-state index in [-0.39, 0.29) is 6.42 Å². The van der Waals surface area contributed by atoms with Crippen molar-refractivity contribution in [3.63, 3.8) is 0 Å². The molecule has 4 heteroatoms. The molecule has 0 spiro atoms. The zero-order chi connectivity index (χ0) is 14.3. The predicted octanol–water partition coefficient (Wildman–Crippen LogP) is 3.08. The molecule has 1 aromatic carbocycles. The van der Waals surface area contributed by atoms with Gasteiger partial charge in [-0.3, -0.25) is 4.79 Å². The van der Waals surface area contributed by atoms with E-state index in [1.807, 2.05) is 0 Å². The minimum atomic E-state index is -0.756. The molecular weight excluding hydrogens is 252 g/mol. The number of benzene rings is 1. The Labute approximate surface area is 118 Å². The molecule has 2 aromatic rings. The van der Waals surface area contributed by atoms with E-state index in [4.69, 9.17) is 10.1 Å². The number of aromatic nitrogens is 2. The van der Waals surface area contributed by atoms with Gasteiger partial charge in [-0.25, -0.2) is 4.98 Å². The number of hydrogen-bond donors (Lipinski definition) is 1. The topological polar surface area (TPSA) is 55.1 Å². The fraction of sp³-hybridized carbons (Fsp3) is 0.500. The Hall–Kier alpha value is -1.84. The van der Waals surface area contributed by atoms with Crippen LogP contribution in [0.4, 0.5) is 0 Å². The fourth-order valence-corrected chi connectivity index (χ4v) is 2.62. The monoisotopic (exact) mass is 272 g/mol. The molecule has 1 aliphatic rings. The summed E-state index contributed by atoms with van der Waals surface area (Å²) in [7, 11) is 0. The van der Waals surface area contributed by atoms with Crippen LogP contribution in [0.2, 0.25) is 0 Å². The normalized spacial score (nSPS) is 14.9. The number of imidazole rings is 1. The maximum Gasteiger partial charge on any atom is 0.305 e. The Morgan fingerprint density at radius 1 is 1.35 bits per heavy atom. The molecule has 0 saturated heterocycles. The summed E-state index contributed by atoms with van der Waals surface area (Å²) in [6.45, 7) is 4.69. The van der Waals surface area contributed by atoms with Crippen LogP contribution in [-0.4, -0.2) is 20.6 Å². The van der Waals surface area contributed by atoms with Gasteiger partial charge < -0.3 is 9.67 Å². The van der Waals surface area contributed by atoms with E-state index >= 15 is 0 Å². The zero-order valence-corrected chi connectivity index (χ0v) is 12.0. The number of carboxylic acids is 1. The zero-order valence-electron chi connectivity index (χ0n) is 12.0. The number of aliphatic carboxylic acids is 1. The van der Waals surface area contributed by atoms with Crippen LogP contribution < -0.4 is 0 Å². The fourth-order valence-electron chi connectivity index (χ4n) is 2.62. The van der Waals surface area contributed by atoms with Crippen LogP contribution in [0.15, 0.2) is 12.1 Å². The van der Waals surface area contributed by atoms with Gasteiger partial charge in [-0.1, -0.05) is 0 Å². The maximum absolute atomic E-state index is 10.9. The van der Waals surface area contributed by atoms with Crippen LogP contribution in [0, 0.1) is 19.8 Å². The van der Waals surface area contributed by atoms with Crippen LogP contribution in [0.5, 0.6) is 0 Å². The Morgan fingerprint density at radius 2 is 2.05 bits per heavy atom. The lowest BCUT2D eigenvalue weighted by atomic mass is 10.1. The highest BCUT2D eigenvalue weighted by molar-refractivity contribution is 5.78. The van der Waals surface area contributed by atoms with Crippen molar-refractivity contribution in [1.29, 1.82) is 0 Å². The molecule has 106 valence electrons. The molecule has 0 bridgehead atoms. The lowest BCUT2D eigenvalue weighted by molar-refractivity contribution is -0.137. The van der Waals surface area contributed by atoms with Crippen molar-refractivity contribution in [1.82, 2.24) is 9.55 Å². The van der Waals surface area contributed by atoms with Gasteiger partial charge in [0, 0.05) is 13.0 Å². The first-order valence-electron chi connectivity index (χ1n) is 7.22. The quantitative estimate of drug-likeness (QED) is 0.910. The predicted molar refractivity (Wildman–Crippen MR) is 77.9 cm³/mol. The average Bonchev–Trinajstić information content (AvgIpc) is 3.12. The van der Waals surface area contributed by atoms with Crippen molar-refractivity contribution >= 4 is 17.0 Å². The summed E-state index contributed by atoms with van der Waals surface area (Å²) in [5.41, 5.74) is 4.53. The van der Waals surface area contributed by atoms with Crippen molar-refractivity contribution in [2.24, 2.45) is 5.92 Å². The standard InChI is InChI=1S/C16H20N2O2/c1-10-7-13-14(8-11(10)2)18(6-5-16(19)20)15(17-13)9-12-3-4-12/h7-8,12H,3-6,9H2,1-2H3,(H,19,20). The Bertz CT molecular complexity index is 669. The summed E-state index contributed by atoms with van der Waals surface area (Å²) in [6, 6.07) is 4.24. The summed E-state index contributed by atoms with van der Waals surface area (Å²) >= 11 is 0. The van der Waals surface area contributed by atoms with Crippen molar-refractivity contribution in [2.75, 3.05) is 0 Å². The number of fused-ring (bicyclic) bond motifs is 1. The lowest BCUT2D eigenvalue weighted by Gasteiger charge is -2.08. The number of aryl methyl sites for hydroxylation is 3. The molecule has 1 heterocycles. The number of hydrogen-bond acceptors (Lipinski definition) is 2. The van der Waals surface area contributed by atoms with Crippen molar-refractivity contribution in [3.8, 4) is 0 Å². The van der Waals surface area contributed by atoms with Crippen LogP contribution in [-0.2, 0) is 17.8 Å². The molecule has 1 fully saturated rings. The molecule has 20 heavy (non-hydrogen) atoms. The molecule has 1 saturated carbocycles. The summed E-state index contributed by atoms with van der Waals surface area (Å²) < 4.78 is 2.11. The Morgan fingerprint density at radius 3 is 2.70 bits per heavy atom. The van der Waals surface area contributed by atoms with Crippen molar-refractivity contribution in [2.45, 2.75) is 46.1 Å². The highest BCUT2D eigenvalue weighted by atomic mass is 16.4.